The first-order chi connectivity index (χ1) is 11.5. The number of ether oxygens (including phenoxy) is 2. The van der Waals surface area contributed by atoms with E-state index < -0.39 is 16.7 Å². The molecule has 1 aliphatic carbocycles. The van der Waals surface area contributed by atoms with Crippen LogP contribution >= 0.6 is 11.8 Å². The molecule has 2 heterocycles. The van der Waals surface area contributed by atoms with Gasteiger partial charge in [-0.3, -0.25) is 5.73 Å². The van der Waals surface area contributed by atoms with Gasteiger partial charge in [-0.1, -0.05) is 12.1 Å². The second-order valence-corrected chi connectivity index (χ2v) is 7.32. The summed E-state index contributed by atoms with van der Waals surface area (Å²) < 4.78 is 11.8. The van der Waals surface area contributed by atoms with E-state index in [4.69, 9.17) is 15.2 Å². The van der Waals surface area contributed by atoms with Gasteiger partial charge in [0.05, 0.1) is 24.8 Å². The highest BCUT2D eigenvalue weighted by atomic mass is 32.2. The number of nitriles is 2. The van der Waals surface area contributed by atoms with E-state index in [-0.39, 0.29) is 17.9 Å². The zero-order valence-electron chi connectivity index (χ0n) is 13.4. The molecule has 24 heavy (non-hydrogen) atoms. The number of rotatable bonds is 2. The van der Waals surface area contributed by atoms with Gasteiger partial charge < -0.3 is 9.47 Å². The summed E-state index contributed by atoms with van der Waals surface area (Å²) in [5.74, 6) is -1.49. The molecule has 0 aromatic heterocycles. The number of amidine groups is 1. The molecular weight excluding hydrogens is 324 g/mol. The lowest BCUT2D eigenvalue weighted by Crippen LogP contribution is -2.90. The lowest BCUT2D eigenvalue weighted by Gasteiger charge is -2.24. The summed E-state index contributed by atoms with van der Waals surface area (Å²) in [5, 5.41) is 20.0. The smallest absolute Gasteiger partial charge is 0.311 e. The fraction of sp³-hybridized carbons (Fsp3) is 0.471. The highest BCUT2D eigenvalue weighted by molar-refractivity contribution is 7.98. The van der Waals surface area contributed by atoms with Gasteiger partial charge in [-0.05, 0) is 30.9 Å². The molecule has 0 radical (unpaired) electrons. The molecule has 2 aliphatic heterocycles. The van der Waals surface area contributed by atoms with Gasteiger partial charge in [0.2, 0.25) is 0 Å². The quantitative estimate of drug-likeness (QED) is 0.737. The van der Waals surface area contributed by atoms with E-state index in [0.29, 0.717) is 6.61 Å². The summed E-state index contributed by atoms with van der Waals surface area (Å²) in [6.07, 6.45) is 1.82. The predicted molar refractivity (Wildman–Crippen MR) is 86.4 cm³/mol. The van der Waals surface area contributed by atoms with Crippen LogP contribution < -0.4 is 10.7 Å². The number of fused-ring (bicyclic) bond motifs is 2. The number of thioether (sulfide) groups is 1. The van der Waals surface area contributed by atoms with Gasteiger partial charge >= 0.3 is 5.91 Å². The Morgan fingerprint density at radius 2 is 2.00 bits per heavy atom. The van der Waals surface area contributed by atoms with Gasteiger partial charge in [0.15, 0.2) is 10.8 Å². The Bertz CT molecular complexity index is 826. The maximum absolute atomic E-state index is 10.1. The summed E-state index contributed by atoms with van der Waals surface area (Å²) in [4.78, 5) is 4.08. The van der Waals surface area contributed by atoms with E-state index in [1.807, 2.05) is 37.4 Å². The highest BCUT2D eigenvalue weighted by Gasteiger charge is 2.97. The molecule has 6 nitrogen and oxygen atoms in total. The van der Waals surface area contributed by atoms with E-state index >= 15 is 0 Å². The molecule has 2 fully saturated rings. The second kappa shape index (κ2) is 4.73. The molecule has 3 N–H and O–H groups in total. The van der Waals surface area contributed by atoms with Crippen molar-refractivity contribution in [2.45, 2.75) is 29.8 Å². The molecule has 1 saturated heterocycles. The van der Waals surface area contributed by atoms with E-state index in [1.54, 1.807) is 11.8 Å². The summed E-state index contributed by atoms with van der Waals surface area (Å²) in [6.45, 7) is 2.22. The third kappa shape index (κ3) is 1.46. The number of hydrogen-bond donors (Lipinski definition) is 2. The zero-order valence-corrected chi connectivity index (χ0v) is 14.2. The average molecular weight is 341 g/mol. The van der Waals surface area contributed by atoms with Crippen LogP contribution in [0.1, 0.15) is 18.4 Å². The Morgan fingerprint density at radius 3 is 2.50 bits per heavy atom. The first-order valence-corrected chi connectivity index (χ1v) is 8.93. The van der Waals surface area contributed by atoms with Gasteiger partial charge in [-0.25, -0.2) is 4.99 Å². The van der Waals surface area contributed by atoms with Crippen molar-refractivity contribution in [3.63, 3.8) is 0 Å². The Balaban J connectivity index is 1.87. The molecule has 1 aromatic carbocycles. The second-order valence-electron chi connectivity index (χ2n) is 6.44. The summed E-state index contributed by atoms with van der Waals surface area (Å²) in [7, 11) is 0. The maximum atomic E-state index is 10.1. The first-order valence-electron chi connectivity index (χ1n) is 7.70. The van der Waals surface area contributed by atoms with Crippen LogP contribution in [-0.2, 0) is 9.47 Å². The summed E-state index contributed by atoms with van der Waals surface area (Å²) in [5.41, 5.74) is 4.74. The van der Waals surface area contributed by atoms with Gasteiger partial charge in [0, 0.05) is 10.8 Å². The molecule has 0 unspecified atom stereocenters. The van der Waals surface area contributed by atoms with Gasteiger partial charge in [0.1, 0.15) is 0 Å². The number of nitrogens with two attached hydrogens (primary N) is 1. The topological polar surface area (TPSA) is 106 Å². The standard InChI is InChI=1S/C17H16N4O2S/c1-10-7-22-17(23-10)16(9-19)13(15(16,8-18)14(20)21-17)11-3-5-12(24-2)6-4-11/h3-6,10,13H,7H2,1-2H3,(H2,20,21)/p+1/t10-,13+,15+,16+,17-/m0/s1. The monoisotopic (exact) mass is 341 g/mol. The number of benzene rings is 1. The Morgan fingerprint density at radius 1 is 1.29 bits per heavy atom. The highest BCUT2D eigenvalue weighted by Crippen LogP contribution is 2.79. The van der Waals surface area contributed by atoms with Crippen LogP contribution in [0.2, 0.25) is 0 Å². The number of nitrogens with zero attached hydrogens (tertiary/aromatic N) is 2. The molecule has 5 atom stereocenters. The third-order valence-corrected chi connectivity index (χ3v) is 6.08. The SMILES string of the molecule is CSc1ccc([C@H]2[C@@]3(C#N)[C@]4([NH+]=C(N)[C@@]23C#N)OC[C@H](C)O4)cc1. The van der Waals surface area contributed by atoms with Crippen molar-refractivity contribution in [2.24, 2.45) is 16.6 Å². The van der Waals surface area contributed by atoms with Crippen molar-refractivity contribution in [3.05, 3.63) is 29.8 Å². The van der Waals surface area contributed by atoms with Crippen LogP contribution in [0.5, 0.6) is 0 Å². The minimum Gasteiger partial charge on any atom is -0.311 e. The lowest BCUT2D eigenvalue weighted by atomic mass is 9.94. The first kappa shape index (κ1) is 15.5. The molecule has 7 heteroatoms. The minimum atomic E-state index is -1.36. The van der Waals surface area contributed by atoms with Crippen molar-refractivity contribution < 1.29 is 14.5 Å². The van der Waals surface area contributed by atoms with E-state index in [9.17, 15) is 10.5 Å². The third-order valence-electron chi connectivity index (χ3n) is 5.34. The normalized spacial score (nSPS) is 42.2. The molecule has 0 bridgehead atoms. The largest absolute Gasteiger partial charge is 0.343 e. The van der Waals surface area contributed by atoms with Crippen molar-refractivity contribution in [1.29, 1.82) is 10.5 Å². The van der Waals surface area contributed by atoms with Gasteiger partial charge in [0.25, 0.3) is 5.84 Å². The Labute approximate surface area is 144 Å². The van der Waals surface area contributed by atoms with Crippen LogP contribution in [0.25, 0.3) is 0 Å². The molecule has 4 rings (SSSR count). The van der Waals surface area contributed by atoms with E-state index in [0.717, 1.165) is 10.5 Å². The fourth-order valence-electron chi connectivity index (χ4n) is 4.26. The van der Waals surface area contributed by atoms with Crippen LogP contribution in [0.15, 0.2) is 29.2 Å². The van der Waals surface area contributed by atoms with Crippen LogP contribution in [-0.4, -0.2) is 30.7 Å². The van der Waals surface area contributed by atoms with Gasteiger partial charge in [-0.2, -0.15) is 10.5 Å². The lowest BCUT2D eigenvalue weighted by molar-refractivity contribution is -0.677. The van der Waals surface area contributed by atoms with Crippen molar-refractivity contribution in [3.8, 4) is 12.1 Å². The molecular formula is C17H17N4O2S+. The molecule has 1 aromatic rings. The Kier molecular flexibility index (Phi) is 3.05. The molecule has 1 saturated carbocycles. The summed E-state index contributed by atoms with van der Waals surface area (Å²) >= 11 is 1.64. The number of hydrogen-bond acceptors (Lipinski definition) is 6. The molecule has 0 amide bonds. The fourth-order valence-corrected chi connectivity index (χ4v) is 4.67. The molecule has 1 spiro atoms. The zero-order chi connectivity index (χ0) is 17.2. The van der Waals surface area contributed by atoms with E-state index in [1.165, 1.54) is 0 Å². The van der Waals surface area contributed by atoms with E-state index in [2.05, 4.69) is 17.1 Å². The van der Waals surface area contributed by atoms with Crippen LogP contribution in [0.4, 0.5) is 0 Å². The van der Waals surface area contributed by atoms with Crippen molar-refractivity contribution in [2.75, 3.05) is 12.9 Å². The maximum Gasteiger partial charge on any atom is 0.343 e. The minimum absolute atomic E-state index is 0.176. The van der Waals surface area contributed by atoms with Crippen LogP contribution in [0.3, 0.4) is 0 Å². The summed E-state index contributed by atoms with van der Waals surface area (Å²) in [6, 6.07) is 12.5. The van der Waals surface area contributed by atoms with Crippen molar-refractivity contribution in [1.82, 2.24) is 0 Å². The number of nitrogens with one attached hydrogen (secondary N) is 1. The predicted octanol–water partition coefficient (Wildman–Crippen LogP) is 0.0662. The Hall–Kier alpha value is -2.06. The van der Waals surface area contributed by atoms with Crippen molar-refractivity contribution >= 4 is 17.6 Å². The molecule has 3 aliphatic rings. The average Bonchev–Trinajstić information content (AvgIpc) is 2.99. The molecule has 122 valence electrons. The van der Waals surface area contributed by atoms with Gasteiger partial charge in [-0.15, -0.1) is 11.8 Å². The van der Waals surface area contributed by atoms with Crippen LogP contribution in [0, 0.1) is 33.5 Å².